The number of halogens is 9. The van der Waals surface area contributed by atoms with Gasteiger partial charge < -0.3 is 14.4 Å². The largest absolute Gasteiger partial charge is 0.466 e. The van der Waals surface area contributed by atoms with Crippen LogP contribution >= 0.6 is 0 Å². The van der Waals surface area contributed by atoms with E-state index in [-0.39, 0.29) is 55.1 Å². The van der Waals surface area contributed by atoms with E-state index in [2.05, 4.69) is 0 Å². The molecule has 1 aliphatic heterocycles. The predicted octanol–water partition coefficient (Wildman–Crippen LogP) is 8.81. The van der Waals surface area contributed by atoms with Crippen molar-refractivity contribution >= 4 is 23.7 Å². The monoisotopic (exact) mass is 724 g/mol. The van der Waals surface area contributed by atoms with Gasteiger partial charge in [-0.2, -0.15) is 39.5 Å². The highest BCUT2D eigenvalue weighted by atomic mass is 19.4. The van der Waals surface area contributed by atoms with Crippen molar-refractivity contribution in [2.75, 3.05) is 18.6 Å². The van der Waals surface area contributed by atoms with Crippen LogP contribution in [0.1, 0.15) is 80.2 Å². The summed E-state index contributed by atoms with van der Waals surface area (Å²) in [6, 6.07) is 1.51. The SMILES string of the molecule is CCOC(=O)C[C@H]1CC[C@H](C(=O)N2c3ccc(C(F)(F)F)cc3CC(N(Cc3cc(C(F)(F)F)cc(C(F)(F)F)c3)C(=O)OC)[C@H]2CC)CC1. The fraction of sp³-hybridized carbons (Fsp3) is 0.559. The van der Waals surface area contributed by atoms with E-state index < -0.39 is 77.3 Å². The van der Waals surface area contributed by atoms with Gasteiger partial charge in [0, 0.05) is 24.6 Å². The molecule has 1 heterocycles. The van der Waals surface area contributed by atoms with Gasteiger partial charge in [-0.3, -0.25) is 14.5 Å². The van der Waals surface area contributed by atoms with Gasteiger partial charge in [0.2, 0.25) is 5.91 Å². The molecule has 276 valence electrons. The number of carbonyl (C=O) groups is 3. The van der Waals surface area contributed by atoms with E-state index in [4.69, 9.17) is 9.47 Å². The molecular formula is C34H37F9N2O5. The Labute approximate surface area is 282 Å². The first-order valence-corrected chi connectivity index (χ1v) is 16.1. The Hall–Kier alpha value is -3.98. The fourth-order valence-electron chi connectivity index (χ4n) is 6.93. The molecule has 0 aromatic heterocycles. The van der Waals surface area contributed by atoms with Crippen LogP contribution in [0, 0.1) is 11.8 Å². The highest BCUT2D eigenvalue weighted by Crippen LogP contribution is 2.43. The molecule has 2 aromatic rings. The Morgan fingerprint density at radius 3 is 1.90 bits per heavy atom. The summed E-state index contributed by atoms with van der Waals surface area (Å²) in [6.45, 7) is 2.71. The Kier molecular flexibility index (Phi) is 11.7. The molecule has 0 bridgehead atoms. The molecule has 16 heteroatoms. The van der Waals surface area contributed by atoms with E-state index in [9.17, 15) is 53.9 Å². The molecule has 7 nitrogen and oxygen atoms in total. The minimum Gasteiger partial charge on any atom is -0.466 e. The zero-order valence-corrected chi connectivity index (χ0v) is 27.5. The lowest BCUT2D eigenvalue weighted by atomic mass is 9.78. The first kappa shape index (κ1) is 38.8. The second-order valence-electron chi connectivity index (χ2n) is 12.5. The summed E-state index contributed by atoms with van der Waals surface area (Å²) in [7, 11) is 0.944. The van der Waals surface area contributed by atoms with Crippen LogP contribution in [0.4, 0.5) is 50.0 Å². The number of ether oxygens (including phenoxy) is 2. The number of anilines is 1. The van der Waals surface area contributed by atoms with Gasteiger partial charge in [0.05, 0.1) is 42.5 Å². The number of methoxy groups -OCH3 is 1. The van der Waals surface area contributed by atoms with Gasteiger partial charge in [-0.25, -0.2) is 4.79 Å². The van der Waals surface area contributed by atoms with Crippen LogP contribution in [0.25, 0.3) is 0 Å². The molecule has 0 radical (unpaired) electrons. The third-order valence-corrected chi connectivity index (χ3v) is 9.29. The number of nitrogens with zero attached hydrogens (tertiary/aromatic N) is 2. The number of benzene rings is 2. The van der Waals surface area contributed by atoms with E-state index >= 15 is 0 Å². The highest BCUT2D eigenvalue weighted by Gasteiger charge is 2.45. The normalized spacial score (nSPS) is 21.3. The molecule has 1 saturated carbocycles. The molecule has 2 amide bonds. The van der Waals surface area contributed by atoms with Crippen molar-refractivity contribution in [1.82, 2.24) is 4.90 Å². The van der Waals surface area contributed by atoms with E-state index in [1.54, 1.807) is 13.8 Å². The maximum atomic E-state index is 14.3. The fourth-order valence-corrected chi connectivity index (χ4v) is 6.93. The van der Waals surface area contributed by atoms with Crippen molar-refractivity contribution in [2.24, 2.45) is 11.8 Å². The Morgan fingerprint density at radius 1 is 0.820 bits per heavy atom. The summed E-state index contributed by atoms with van der Waals surface area (Å²) in [5, 5.41) is 0. The van der Waals surface area contributed by atoms with Gasteiger partial charge in [0.25, 0.3) is 0 Å². The average molecular weight is 725 g/mol. The standard InChI is InChI=1S/C34H37F9N2O5/c1-4-26-28(44(31(48)49-3)18-20-12-24(33(38,39)40)17-25(13-20)34(41,42)43)16-22-15-23(32(35,36)37)10-11-27(22)45(26)30(47)21-8-6-19(7-9-21)14-29(46)50-5-2/h10-13,15,17,19,21,26,28H,4-9,14,16,18H2,1-3H3/t19-,21-,26-,28?/m1/s1. The smallest absolute Gasteiger partial charge is 0.416 e. The summed E-state index contributed by atoms with van der Waals surface area (Å²) >= 11 is 0. The summed E-state index contributed by atoms with van der Waals surface area (Å²) in [6.07, 6.45) is -14.6. The van der Waals surface area contributed by atoms with Crippen LogP contribution in [0.2, 0.25) is 0 Å². The number of hydrogen-bond donors (Lipinski definition) is 0. The van der Waals surface area contributed by atoms with E-state index in [0.717, 1.165) is 30.2 Å². The maximum absolute atomic E-state index is 14.3. The molecule has 1 unspecified atom stereocenters. The maximum Gasteiger partial charge on any atom is 0.416 e. The second kappa shape index (κ2) is 15.1. The topological polar surface area (TPSA) is 76.2 Å². The van der Waals surface area contributed by atoms with Crippen molar-refractivity contribution in [3.05, 3.63) is 64.2 Å². The third kappa shape index (κ3) is 8.84. The van der Waals surface area contributed by atoms with Crippen molar-refractivity contribution in [3.8, 4) is 0 Å². The number of fused-ring (bicyclic) bond motifs is 1. The molecular weight excluding hydrogens is 687 g/mol. The van der Waals surface area contributed by atoms with Crippen LogP contribution < -0.4 is 4.90 Å². The first-order chi connectivity index (χ1) is 23.3. The molecule has 2 aliphatic rings. The molecule has 50 heavy (non-hydrogen) atoms. The van der Waals surface area contributed by atoms with Crippen molar-refractivity contribution < 1.29 is 63.4 Å². The summed E-state index contributed by atoms with van der Waals surface area (Å²) in [5.74, 6) is -1.48. The third-order valence-electron chi connectivity index (χ3n) is 9.29. The Bertz CT molecular complexity index is 1520. The molecule has 0 spiro atoms. The zero-order chi connectivity index (χ0) is 37.2. The minimum atomic E-state index is -5.17. The quantitative estimate of drug-likeness (QED) is 0.201. The number of alkyl halides is 9. The number of esters is 1. The molecule has 0 saturated heterocycles. The molecule has 2 aromatic carbocycles. The van der Waals surface area contributed by atoms with Crippen LogP contribution in [0.5, 0.6) is 0 Å². The second-order valence-corrected chi connectivity index (χ2v) is 12.5. The van der Waals surface area contributed by atoms with E-state index in [1.807, 2.05) is 0 Å². The Morgan fingerprint density at radius 2 is 1.40 bits per heavy atom. The van der Waals surface area contributed by atoms with Gasteiger partial charge in [-0.1, -0.05) is 6.92 Å². The van der Waals surface area contributed by atoms with Crippen LogP contribution in [0.3, 0.4) is 0 Å². The zero-order valence-electron chi connectivity index (χ0n) is 27.5. The molecule has 1 fully saturated rings. The van der Waals surface area contributed by atoms with Gasteiger partial charge in [0.15, 0.2) is 0 Å². The molecule has 2 atom stereocenters. The van der Waals surface area contributed by atoms with Crippen molar-refractivity contribution in [3.63, 3.8) is 0 Å². The lowest BCUT2D eigenvalue weighted by molar-refractivity contribution is -0.145. The minimum absolute atomic E-state index is 0.00722. The predicted molar refractivity (Wildman–Crippen MR) is 162 cm³/mol. The van der Waals surface area contributed by atoms with Gasteiger partial charge in [-0.15, -0.1) is 0 Å². The first-order valence-electron chi connectivity index (χ1n) is 16.1. The average Bonchev–Trinajstić information content (AvgIpc) is 3.04. The van der Waals surface area contributed by atoms with E-state index in [0.29, 0.717) is 37.8 Å². The van der Waals surface area contributed by atoms with Crippen LogP contribution in [-0.4, -0.2) is 48.7 Å². The van der Waals surface area contributed by atoms with Crippen molar-refractivity contribution in [1.29, 1.82) is 0 Å². The van der Waals surface area contributed by atoms with E-state index in [1.165, 1.54) is 4.90 Å². The summed E-state index contributed by atoms with van der Waals surface area (Å²) in [5.41, 5.74) is -4.67. The van der Waals surface area contributed by atoms with Gasteiger partial charge in [-0.05, 0) is 98.9 Å². The Balaban J connectivity index is 1.77. The number of amides is 2. The summed E-state index contributed by atoms with van der Waals surface area (Å²) < 4.78 is 133. The van der Waals surface area contributed by atoms with Crippen LogP contribution in [0.15, 0.2) is 36.4 Å². The number of rotatable bonds is 8. The van der Waals surface area contributed by atoms with Gasteiger partial charge >= 0.3 is 30.6 Å². The van der Waals surface area contributed by atoms with Crippen molar-refractivity contribution in [2.45, 2.75) is 96.0 Å². The number of hydrogen-bond acceptors (Lipinski definition) is 5. The van der Waals surface area contributed by atoms with Gasteiger partial charge in [0.1, 0.15) is 0 Å². The number of carbonyl (C=O) groups excluding carboxylic acids is 3. The lowest BCUT2D eigenvalue weighted by Crippen LogP contribution is -2.59. The lowest BCUT2D eigenvalue weighted by Gasteiger charge is -2.47. The molecule has 4 rings (SSSR count). The highest BCUT2D eigenvalue weighted by molar-refractivity contribution is 5.97. The summed E-state index contributed by atoms with van der Waals surface area (Å²) in [4.78, 5) is 41.7. The van der Waals surface area contributed by atoms with Crippen LogP contribution in [-0.2, 0) is 50.6 Å². The molecule has 0 N–H and O–H groups in total. The molecule has 1 aliphatic carbocycles.